The van der Waals surface area contributed by atoms with Crippen molar-refractivity contribution in [2.45, 2.75) is 31.3 Å². The van der Waals surface area contributed by atoms with E-state index in [0.29, 0.717) is 10.8 Å². The molecule has 0 N–H and O–H groups in total. The molecule has 0 saturated heterocycles. The van der Waals surface area contributed by atoms with Crippen LogP contribution in [-0.2, 0) is 24.3 Å². The molecule has 212 valence electrons. The highest BCUT2D eigenvalue weighted by Crippen LogP contribution is 2.41. The summed E-state index contributed by atoms with van der Waals surface area (Å²) in [7, 11) is -2.77. The van der Waals surface area contributed by atoms with Crippen LogP contribution in [0.2, 0.25) is 0 Å². The Morgan fingerprint density at radius 3 is 1.93 bits per heavy atom. The molecule has 0 fully saturated rings. The molecule has 1 aliphatic rings. The van der Waals surface area contributed by atoms with Crippen LogP contribution < -0.4 is 0 Å². The third-order valence-electron chi connectivity index (χ3n) is 6.81. The van der Waals surface area contributed by atoms with Crippen molar-refractivity contribution in [2.75, 3.05) is 7.05 Å². The van der Waals surface area contributed by atoms with Crippen molar-refractivity contribution >= 4 is 61.1 Å². The average Bonchev–Trinajstić information content (AvgIpc) is 3.60. The van der Waals surface area contributed by atoms with E-state index in [4.69, 9.17) is 4.74 Å². The van der Waals surface area contributed by atoms with Gasteiger partial charge >= 0.3 is 6.09 Å². The van der Waals surface area contributed by atoms with Gasteiger partial charge in [-0.05, 0) is 57.2 Å². The maximum Gasteiger partial charge on any atom is 0.420 e. The van der Waals surface area contributed by atoms with E-state index in [1.807, 2.05) is 0 Å². The first-order valence-electron chi connectivity index (χ1n) is 12.9. The first kappa shape index (κ1) is 27.1. The van der Waals surface area contributed by atoms with Gasteiger partial charge < -0.3 is 4.74 Å². The fourth-order valence-corrected chi connectivity index (χ4v) is 6.31. The fourth-order valence-electron chi connectivity index (χ4n) is 4.97. The van der Waals surface area contributed by atoms with Gasteiger partial charge in [-0.25, -0.2) is 31.7 Å². The van der Waals surface area contributed by atoms with Crippen LogP contribution in [-0.4, -0.2) is 62.4 Å². The van der Waals surface area contributed by atoms with E-state index in [9.17, 15) is 22.8 Å². The lowest BCUT2D eigenvalue weighted by atomic mass is 9.96. The number of pyridine rings is 2. The van der Waals surface area contributed by atoms with Crippen LogP contribution >= 0.6 is 0 Å². The Hall–Kier alpha value is -5.10. The van der Waals surface area contributed by atoms with Gasteiger partial charge in [0.2, 0.25) is 0 Å². The maximum atomic E-state index is 13.7. The minimum absolute atomic E-state index is 0.00261. The number of benzene rings is 1. The first-order valence-corrected chi connectivity index (χ1v) is 14.4. The molecule has 11 nitrogen and oxygen atoms in total. The number of hydrogen-bond donors (Lipinski definition) is 0. The lowest BCUT2D eigenvalue weighted by molar-refractivity contribution is -0.134. The number of carbonyl (C=O) groups is 3. The van der Waals surface area contributed by atoms with E-state index in [2.05, 4.69) is 9.97 Å². The standard InChI is InChI=1S/C30H25N5O6S/c1-30(2,3)41-29(38)34-16-21(19-12-8-14-31-25(19)34)23-24(28(37)33(4)27(23)36)22-17-35(26-20(22)13-9-15-32-26)42(39,40)18-10-6-5-7-11-18/h5-17H,1-4H3. The van der Waals surface area contributed by atoms with Gasteiger partial charge in [-0.2, -0.15) is 0 Å². The largest absolute Gasteiger partial charge is 0.443 e. The van der Waals surface area contributed by atoms with E-state index in [0.717, 1.165) is 8.87 Å². The Labute approximate surface area is 240 Å². The Morgan fingerprint density at radius 2 is 1.33 bits per heavy atom. The summed E-state index contributed by atoms with van der Waals surface area (Å²) in [6.45, 7) is 5.19. The third-order valence-corrected chi connectivity index (χ3v) is 8.48. The van der Waals surface area contributed by atoms with E-state index in [-0.39, 0.29) is 38.5 Å². The molecule has 0 saturated carbocycles. The van der Waals surface area contributed by atoms with Crippen LogP contribution in [0.25, 0.3) is 33.2 Å². The molecule has 2 amide bonds. The SMILES string of the molecule is CN1C(=O)C(c2cn(C(=O)OC(C)(C)C)c3ncccc23)=C(c2cn(S(=O)(=O)c3ccccc3)c3ncccc23)C1=O. The normalized spacial score (nSPS) is 14.4. The van der Waals surface area contributed by atoms with Crippen LogP contribution in [0.4, 0.5) is 4.79 Å². The summed E-state index contributed by atoms with van der Waals surface area (Å²) in [6, 6.07) is 14.4. The quantitative estimate of drug-likeness (QED) is 0.286. The monoisotopic (exact) mass is 583 g/mol. The van der Waals surface area contributed by atoms with Crippen LogP contribution in [0, 0.1) is 0 Å². The van der Waals surface area contributed by atoms with Gasteiger partial charge in [-0.1, -0.05) is 18.2 Å². The molecule has 6 rings (SSSR count). The number of rotatable bonds is 4. The topological polar surface area (TPSA) is 133 Å². The molecular formula is C30H25N5O6S. The lowest BCUT2D eigenvalue weighted by Gasteiger charge is -2.19. The highest BCUT2D eigenvalue weighted by atomic mass is 32.2. The minimum Gasteiger partial charge on any atom is -0.443 e. The third kappa shape index (κ3) is 4.18. The van der Waals surface area contributed by atoms with Crippen LogP contribution in [0.15, 0.2) is 84.3 Å². The minimum atomic E-state index is -4.11. The zero-order chi connectivity index (χ0) is 30.0. The van der Waals surface area contributed by atoms with E-state index >= 15 is 0 Å². The zero-order valence-electron chi connectivity index (χ0n) is 23.1. The molecule has 0 atom stereocenters. The fraction of sp³-hybridized carbons (Fsp3) is 0.167. The number of ether oxygens (including phenoxy) is 1. The molecule has 0 aliphatic carbocycles. The van der Waals surface area contributed by atoms with Crippen LogP contribution in [0.1, 0.15) is 31.9 Å². The molecule has 4 aromatic heterocycles. The molecule has 5 heterocycles. The maximum absolute atomic E-state index is 13.7. The highest BCUT2D eigenvalue weighted by molar-refractivity contribution is 7.90. The van der Waals surface area contributed by atoms with Crippen molar-refractivity contribution in [3.8, 4) is 0 Å². The van der Waals surface area contributed by atoms with E-state index in [1.54, 1.807) is 63.2 Å². The van der Waals surface area contributed by atoms with Crippen molar-refractivity contribution in [1.82, 2.24) is 23.4 Å². The molecule has 1 aromatic carbocycles. The van der Waals surface area contributed by atoms with Crippen molar-refractivity contribution < 1.29 is 27.5 Å². The van der Waals surface area contributed by atoms with Gasteiger partial charge in [-0.15, -0.1) is 0 Å². The summed E-state index contributed by atoms with van der Waals surface area (Å²) in [5.41, 5.74) is -0.00645. The molecule has 0 unspecified atom stereocenters. The Balaban J connectivity index is 1.65. The van der Waals surface area contributed by atoms with E-state index < -0.39 is 33.5 Å². The summed E-state index contributed by atoms with van der Waals surface area (Å²) in [5.74, 6) is -1.24. The number of imide groups is 1. The number of aromatic nitrogens is 4. The predicted octanol–water partition coefficient (Wildman–Crippen LogP) is 4.32. The molecule has 12 heteroatoms. The van der Waals surface area contributed by atoms with Crippen molar-refractivity contribution in [2.24, 2.45) is 0 Å². The molecule has 0 spiro atoms. The summed E-state index contributed by atoms with van der Waals surface area (Å²) >= 11 is 0. The zero-order valence-corrected chi connectivity index (χ0v) is 23.9. The van der Waals surface area contributed by atoms with Crippen LogP contribution in [0.3, 0.4) is 0 Å². The number of carbonyl (C=O) groups excluding carboxylic acids is 3. The Kier molecular flexibility index (Phi) is 6.12. The number of amides is 2. The average molecular weight is 584 g/mol. The number of likely N-dealkylation sites (N-methyl/N-ethyl adjacent to an activating group) is 1. The lowest BCUT2D eigenvalue weighted by Crippen LogP contribution is -2.27. The second-order valence-corrected chi connectivity index (χ2v) is 12.5. The van der Waals surface area contributed by atoms with Crippen molar-refractivity contribution in [1.29, 1.82) is 0 Å². The van der Waals surface area contributed by atoms with E-state index in [1.165, 1.54) is 48.5 Å². The van der Waals surface area contributed by atoms with Gasteiger partial charge in [0.05, 0.1) is 16.0 Å². The smallest absolute Gasteiger partial charge is 0.420 e. The highest BCUT2D eigenvalue weighted by Gasteiger charge is 2.41. The summed E-state index contributed by atoms with van der Waals surface area (Å²) in [5, 5.41) is 0.793. The molecule has 0 radical (unpaired) electrons. The number of hydrogen-bond acceptors (Lipinski definition) is 8. The Morgan fingerprint density at radius 1 is 0.786 bits per heavy atom. The van der Waals surface area contributed by atoms with Gasteiger partial charge in [0.25, 0.3) is 21.8 Å². The molecule has 42 heavy (non-hydrogen) atoms. The molecule has 0 bridgehead atoms. The number of fused-ring (bicyclic) bond motifs is 2. The van der Waals surface area contributed by atoms with Crippen molar-refractivity contribution in [3.05, 3.63) is 90.5 Å². The molecule has 1 aliphatic heterocycles. The van der Waals surface area contributed by atoms with Gasteiger partial charge in [0.15, 0.2) is 5.65 Å². The molecular weight excluding hydrogens is 558 g/mol. The first-order chi connectivity index (χ1) is 19.9. The molecule has 5 aromatic rings. The van der Waals surface area contributed by atoms with Crippen LogP contribution in [0.5, 0.6) is 0 Å². The summed E-state index contributed by atoms with van der Waals surface area (Å²) in [6.07, 6.45) is 4.98. The second-order valence-electron chi connectivity index (χ2n) is 10.7. The Bertz CT molecular complexity index is 2080. The second kappa shape index (κ2) is 9.48. The van der Waals surface area contributed by atoms with Gasteiger partial charge in [0.1, 0.15) is 11.2 Å². The number of nitrogens with zero attached hydrogens (tertiary/aromatic N) is 5. The van der Waals surface area contributed by atoms with Crippen molar-refractivity contribution in [3.63, 3.8) is 0 Å². The summed E-state index contributed by atoms with van der Waals surface area (Å²) < 4.78 is 35.1. The van der Waals surface area contributed by atoms with Gasteiger partial charge in [0, 0.05) is 53.7 Å². The summed E-state index contributed by atoms with van der Waals surface area (Å²) in [4.78, 5) is 50.1. The predicted molar refractivity (Wildman–Crippen MR) is 155 cm³/mol. The van der Waals surface area contributed by atoms with Gasteiger partial charge in [-0.3, -0.25) is 14.5 Å².